The highest BCUT2D eigenvalue weighted by Crippen LogP contribution is 2.28. The van der Waals surface area contributed by atoms with E-state index in [1.165, 1.54) is 0 Å². The van der Waals surface area contributed by atoms with E-state index in [0.29, 0.717) is 6.42 Å². The molecule has 1 aliphatic heterocycles. The van der Waals surface area contributed by atoms with Gasteiger partial charge in [0.2, 0.25) is 0 Å². The number of carbonyl (C=O) groups excluding carboxylic acids is 2. The monoisotopic (exact) mass is 152 g/mol. The van der Waals surface area contributed by atoms with Crippen LogP contribution in [0, 0.1) is 5.92 Å². The first kappa shape index (κ1) is 6.58. The Labute approximate surface area is 64.0 Å². The van der Waals surface area contributed by atoms with Crippen LogP contribution < -0.4 is 0 Å². The lowest BCUT2D eigenvalue weighted by atomic mass is 9.90. The first-order chi connectivity index (χ1) is 5.27. The van der Waals surface area contributed by atoms with Gasteiger partial charge in [-0.25, -0.2) is 0 Å². The third-order valence-electron chi connectivity index (χ3n) is 2.13. The molecule has 1 saturated heterocycles. The van der Waals surface area contributed by atoms with Crippen LogP contribution in [0.15, 0.2) is 12.2 Å². The molecular formula is C8H8O3. The molecule has 11 heavy (non-hydrogen) atoms. The van der Waals surface area contributed by atoms with Crippen molar-refractivity contribution in [1.29, 1.82) is 0 Å². The maximum Gasteiger partial charge on any atom is 0.306 e. The minimum absolute atomic E-state index is 0.0344. The van der Waals surface area contributed by atoms with Gasteiger partial charge in [-0.05, 0) is 6.08 Å². The van der Waals surface area contributed by atoms with Gasteiger partial charge in [-0.3, -0.25) is 9.59 Å². The van der Waals surface area contributed by atoms with Crippen LogP contribution in [0.4, 0.5) is 0 Å². The summed E-state index contributed by atoms with van der Waals surface area (Å²) in [7, 11) is 0. The molecule has 3 nitrogen and oxygen atoms in total. The molecule has 1 fully saturated rings. The number of hydrogen-bond acceptors (Lipinski definition) is 3. The molecule has 1 heterocycles. The number of hydrogen-bond donors (Lipinski definition) is 0. The van der Waals surface area contributed by atoms with Gasteiger partial charge in [0, 0.05) is 6.42 Å². The zero-order valence-corrected chi connectivity index (χ0v) is 5.95. The summed E-state index contributed by atoms with van der Waals surface area (Å²) >= 11 is 0. The number of esters is 1. The van der Waals surface area contributed by atoms with Crippen molar-refractivity contribution in [2.75, 3.05) is 0 Å². The van der Waals surface area contributed by atoms with Crippen molar-refractivity contribution in [3.05, 3.63) is 12.2 Å². The highest BCUT2D eigenvalue weighted by atomic mass is 16.5. The highest BCUT2D eigenvalue weighted by Gasteiger charge is 2.39. The molecular weight excluding hydrogens is 144 g/mol. The second-order valence-electron chi connectivity index (χ2n) is 2.88. The number of ketones is 1. The Morgan fingerprint density at radius 3 is 3.00 bits per heavy atom. The minimum atomic E-state index is -0.239. The summed E-state index contributed by atoms with van der Waals surface area (Å²) in [5.41, 5.74) is 0. The van der Waals surface area contributed by atoms with Gasteiger partial charge in [0.25, 0.3) is 0 Å². The van der Waals surface area contributed by atoms with Gasteiger partial charge in [0.05, 0.1) is 12.3 Å². The summed E-state index contributed by atoms with van der Waals surface area (Å²) in [5, 5.41) is 0. The van der Waals surface area contributed by atoms with Crippen molar-refractivity contribution in [2.45, 2.75) is 18.9 Å². The highest BCUT2D eigenvalue weighted by molar-refractivity contribution is 5.96. The van der Waals surface area contributed by atoms with E-state index in [0.717, 1.165) is 0 Å². The van der Waals surface area contributed by atoms with Crippen molar-refractivity contribution in [3.8, 4) is 0 Å². The number of carbonyl (C=O) groups is 2. The fraction of sp³-hybridized carbons (Fsp3) is 0.500. The van der Waals surface area contributed by atoms with E-state index in [1.54, 1.807) is 12.2 Å². The van der Waals surface area contributed by atoms with Crippen LogP contribution in [0.1, 0.15) is 12.8 Å². The van der Waals surface area contributed by atoms with E-state index in [4.69, 9.17) is 4.74 Å². The zero-order chi connectivity index (χ0) is 7.84. The van der Waals surface area contributed by atoms with Gasteiger partial charge in [0.1, 0.15) is 6.10 Å². The van der Waals surface area contributed by atoms with E-state index in [2.05, 4.69) is 0 Å². The van der Waals surface area contributed by atoms with E-state index < -0.39 is 0 Å². The molecule has 58 valence electrons. The zero-order valence-electron chi connectivity index (χ0n) is 5.95. The van der Waals surface area contributed by atoms with Crippen LogP contribution in [0.5, 0.6) is 0 Å². The molecule has 0 bridgehead atoms. The molecule has 0 saturated carbocycles. The minimum Gasteiger partial charge on any atom is -0.461 e. The van der Waals surface area contributed by atoms with Gasteiger partial charge < -0.3 is 4.74 Å². The van der Waals surface area contributed by atoms with Crippen LogP contribution in [0.2, 0.25) is 0 Å². The van der Waals surface area contributed by atoms with Crippen LogP contribution >= 0.6 is 0 Å². The number of allylic oxidation sites excluding steroid dienone is 1. The lowest BCUT2D eigenvalue weighted by Crippen LogP contribution is -2.25. The van der Waals surface area contributed by atoms with Gasteiger partial charge in [0.15, 0.2) is 5.78 Å². The molecule has 0 spiro atoms. The summed E-state index contributed by atoms with van der Waals surface area (Å²) in [6.45, 7) is 0. The topological polar surface area (TPSA) is 43.4 Å². The Hall–Kier alpha value is -1.12. The Kier molecular flexibility index (Phi) is 1.31. The van der Waals surface area contributed by atoms with Crippen molar-refractivity contribution in [1.82, 2.24) is 0 Å². The summed E-state index contributed by atoms with van der Waals surface area (Å²) in [5.74, 6) is -0.392. The third kappa shape index (κ3) is 0.964. The molecule has 2 rings (SSSR count). The Morgan fingerprint density at radius 2 is 2.27 bits per heavy atom. The van der Waals surface area contributed by atoms with Crippen molar-refractivity contribution in [3.63, 3.8) is 0 Å². The normalized spacial score (nSPS) is 35.3. The van der Waals surface area contributed by atoms with E-state index in [-0.39, 0.29) is 30.2 Å². The van der Waals surface area contributed by atoms with Crippen molar-refractivity contribution >= 4 is 11.8 Å². The summed E-state index contributed by atoms with van der Waals surface area (Å²) < 4.78 is 4.92. The average Bonchev–Trinajstić information content (AvgIpc) is 2.31. The maximum atomic E-state index is 11.1. The molecule has 0 amide bonds. The second-order valence-corrected chi connectivity index (χ2v) is 2.88. The summed E-state index contributed by atoms with van der Waals surface area (Å²) in [4.78, 5) is 21.9. The molecule has 0 radical (unpaired) electrons. The molecule has 0 unspecified atom stereocenters. The average molecular weight is 152 g/mol. The van der Waals surface area contributed by atoms with Crippen LogP contribution in [0.25, 0.3) is 0 Å². The first-order valence-corrected chi connectivity index (χ1v) is 3.67. The van der Waals surface area contributed by atoms with Gasteiger partial charge in [-0.1, -0.05) is 6.08 Å². The van der Waals surface area contributed by atoms with E-state index in [9.17, 15) is 9.59 Å². The molecule has 3 heteroatoms. The van der Waals surface area contributed by atoms with Gasteiger partial charge in [-0.15, -0.1) is 0 Å². The van der Waals surface area contributed by atoms with E-state index >= 15 is 0 Å². The molecule has 0 aromatic heterocycles. The van der Waals surface area contributed by atoms with Gasteiger partial charge >= 0.3 is 5.97 Å². The quantitative estimate of drug-likeness (QED) is 0.473. The number of rotatable bonds is 0. The van der Waals surface area contributed by atoms with Crippen LogP contribution in [-0.4, -0.2) is 17.9 Å². The fourth-order valence-electron chi connectivity index (χ4n) is 1.55. The van der Waals surface area contributed by atoms with Crippen molar-refractivity contribution < 1.29 is 14.3 Å². The fourth-order valence-corrected chi connectivity index (χ4v) is 1.55. The maximum absolute atomic E-state index is 11.1. The largest absolute Gasteiger partial charge is 0.461 e. The predicted octanol–water partition coefficient (Wildman–Crippen LogP) is 0.447. The molecule has 0 aromatic carbocycles. The Morgan fingerprint density at radius 1 is 1.45 bits per heavy atom. The second kappa shape index (κ2) is 2.19. The van der Waals surface area contributed by atoms with Crippen LogP contribution in [0.3, 0.4) is 0 Å². The Bertz CT molecular complexity index is 242. The lowest BCUT2D eigenvalue weighted by Gasteiger charge is -2.16. The molecule has 0 N–H and O–H groups in total. The summed E-state index contributed by atoms with van der Waals surface area (Å²) in [6, 6.07) is 0. The van der Waals surface area contributed by atoms with Crippen LogP contribution in [-0.2, 0) is 14.3 Å². The molecule has 0 aromatic rings. The smallest absolute Gasteiger partial charge is 0.306 e. The molecule has 2 aliphatic rings. The van der Waals surface area contributed by atoms with E-state index in [1.807, 2.05) is 0 Å². The molecule has 1 aliphatic carbocycles. The SMILES string of the molecule is O=C1C[C@@H]2C(=O)C=CC[C@@H]2O1. The number of ether oxygens (including phenoxy) is 1. The molecule has 2 atom stereocenters. The Balaban J connectivity index is 2.23. The predicted molar refractivity (Wildman–Crippen MR) is 36.8 cm³/mol. The lowest BCUT2D eigenvalue weighted by molar-refractivity contribution is -0.141. The summed E-state index contributed by atoms with van der Waals surface area (Å²) in [6.07, 6.45) is 4.11. The number of fused-ring (bicyclic) bond motifs is 1. The third-order valence-corrected chi connectivity index (χ3v) is 2.13. The first-order valence-electron chi connectivity index (χ1n) is 3.67. The van der Waals surface area contributed by atoms with Crippen molar-refractivity contribution in [2.24, 2.45) is 5.92 Å². The standard InChI is InChI=1S/C8H8O3/c9-6-2-1-3-7-5(6)4-8(10)11-7/h1-2,5,7H,3-4H2/t5-,7+/m1/s1. The van der Waals surface area contributed by atoms with Gasteiger partial charge in [-0.2, -0.15) is 0 Å².